The number of rotatable bonds is 11. The van der Waals surface area contributed by atoms with Gasteiger partial charge in [0.05, 0.1) is 6.61 Å². The molecule has 178 valence electrons. The molecule has 3 amide bonds. The first-order valence-electron chi connectivity index (χ1n) is 11.0. The van der Waals surface area contributed by atoms with Crippen LogP contribution in [0.25, 0.3) is 0 Å². The predicted molar refractivity (Wildman–Crippen MR) is 127 cm³/mol. The maximum absolute atomic E-state index is 12.1. The molecule has 3 N–H and O–H groups in total. The molecule has 33 heavy (non-hydrogen) atoms. The van der Waals surface area contributed by atoms with Crippen LogP contribution < -0.4 is 20.7 Å². The Hall–Kier alpha value is -3.55. The quantitative estimate of drug-likeness (QED) is 0.444. The van der Waals surface area contributed by atoms with Gasteiger partial charge in [-0.1, -0.05) is 30.3 Å². The first kappa shape index (κ1) is 25.7. The molecule has 0 saturated heterocycles. The summed E-state index contributed by atoms with van der Waals surface area (Å²) in [5, 5.41) is 8.20. The number of benzene rings is 2. The largest absolute Gasteiger partial charge is 0.494 e. The summed E-state index contributed by atoms with van der Waals surface area (Å²) in [7, 11) is 0. The second-order valence-corrected chi connectivity index (χ2v) is 8.47. The average molecular weight is 456 g/mol. The first-order valence-corrected chi connectivity index (χ1v) is 11.0. The molecule has 0 saturated carbocycles. The lowest BCUT2D eigenvalue weighted by molar-refractivity contribution is -0.121. The number of hydrogen-bond acceptors (Lipinski definition) is 5. The summed E-state index contributed by atoms with van der Waals surface area (Å²) in [6.07, 6.45) is 0.591. The number of ether oxygens (including phenoxy) is 2. The van der Waals surface area contributed by atoms with E-state index in [-0.39, 0.29) is 24.8 Å². The molecular weight excluding hydrogens is 422 g/mol. The van der Waals surface area contributed by atoms with Crippen molar-refractivity contribution in [1.29, 1.82) is 0 Å². The van der Waals surface area contributed by atoms with Crippen LogP contribution in [0.15, 0.2) is 54.6 Å². The van der Waals surface area contributed by atoms with Gasteiger partial charge in [-0.25, -0.2) is 4.79 Å². The molecule has 0 aliphatic rings. The highest BCUT2D eigenvalue weighted by atomic mass is 16.6. The minimum absolute atomic E-state index is 0.0785. The molecule has 2 aromatic carbocycles. The molecule has 0 spiro atoms. The number of alkyl carbamates (subject to hydrolysis) is 1. The standard InChI is InChI=1S/C25H33N3O5/c1-25(2,3)33-24(31)26-16-15-22(29)27-18-19-11-13-20(14-12-19)28-23(30)10-7-17-32-21-8-5-4-6-9-21/h4-6,8-9,11-14H,7,10,15-18H2,1-3H3,(H,26,31)(H,27,29)(H,28,30). The lowest BCUT2D eigenvalue weighted by Gasteiger charge is -2.19. The van der Waals surface area contributed by atoms with Crippen molar-refractivity contribution < 1.29 is 23.9 Å². The van der Waals surface area contributed by atoms with Crippen LogP contribution in [-0.4, -0.2) is 36.7 Å². The first-order chi connectivity index (χ1) is 15.7. The molecule has 0 atom stereocenters. The maximum atomic E-state index is 12.1. The van der Waals surface area contributed by atoms with Crippen LogP contribution in [0.1, 0.15) is 45.6 Å². The van der Waals surface area contributed by atoms with Gasteiger partial charge in [-0.3, -0.25) is 9.59 Å². The van der Waals surface area contributed by atoms with E-state index in [1.54, 1.807) is 32.9 Å². The van der Waals surface area contributed by atoms with Crippen LogP contribution in [0.3, 0.4) is 0 Å². The summed E-state index contributed by atoms with van der Waals surface area (Å²) in [5.74, 6) is 0.534. The number of carbonyl (C=O) groups excluding carboxylic acids is 3. The van der Waals surface area contributed by atoms with Crippen LogP contribution in [0.5, 0.6) is 5.75 Å². The smallest absolute Gasteiger partial charge is 0.407 e. The minimum atomic E-state index is -0.575. The number of amides is 3. The third-order valence-electron chi connectivity index (χ3n) is 4.31. The Morgan fingerprint density at radius 2 is 1.55 bits per heavy atom. The SMILES string of the molecule is CC(C)(C)OC(=O)NCCC(=O)NCc1ccc(NC(=O)CCCOc2ccccc2)cc1. The summed E-state index contributed by atoms with van der Waals surface area (Å²) in [5.41, 5.74) is 1.02. The number of para-hydroxylation sites is 1. The molecule has 8 heteroatoms. The van der Waals surface area contributed by atoms with E-state index in [1.807, 2.05) is 42.5 Å². The number of hydrogen-bond donors (Lipinski definition) is 3. The van der Waals surface area contributed by atoms with Gasteiger partial charge in [0.2, 0.25) is 11.8 Å². The van der Waals surface area contributed by atoms with Crippen molar-refractivity contribution in [2.45, 2.75) is 52.2 Å². The van der Waals surface area contributed by atoms with Gasteiger partial charge in [0.25, 0.3) is 0 Å². The highest BCUT2D eigenvalue weighted by Gasteiger charge is 2.15. The van der Waals surface area contributed by atoms with Crippen molar-refractivity contribution >= 4 is 23.6 Å². The minimum Gasteiger partial charge on any atom is -0.494 e. The lowest BCUT2D eigenvalue weighted by Crippen LogP contribution is -2.35. The Kier molecular flexibility index (Phi) is 10.2. The molecule has 0 bridgehead atoms. The van der Waals surface area contributed by atoms with E-state index < -0.39 is 11.7 Å². The fraction of sp³-hybridized carbons (Fsp3) is 0.400. The van der Waals surface area contributed by atoms with Crippen LogP contribution in [-0.2, 0) is 20.9 Å². The second kappa shape index (κ2) is 13.1. The van der Waals surface area contributed by atoms with E-state index in [0.717, 1.165) is 11.3 Å². The molecule has 0 fully saturated rings. The summed E-state index contributed by atoms with van der Waals surface area (Å²) in [4.78, 5) is 35.6. The number of nitrogens with one attached hydrogen (secondary N) is 3. The van der Waals surface area contributed by atoms with Gasteiger partial charge in [0.15, 0.2) is 0 Å². The van der Waals surface area contributed by atoms with Crippen molar-refractivity contribution in [2.75, 3.05) is 18.5 Å². The number of carbonyl (C=O) groups is 3. The van der Waals surface area contributed by atoms with E-state index in [1.165, 1.54) is 0 Å². The highest BCUT2D eigenvalue weighted by molar-refractivity contribution is 5.90. The Morgan fingerprint density at radius 1 is 0.848 bits per heavy atom. The van der Waals surface area contributed by atoms with Gasteiger partial charge < -0.3 is 25.4 Å². The van der Waals surface area contributed by atoms with E-state index in [2.05, 4.69) is 16.0 Å². The van der Waals surface area contributed by atoms with Crippen molar-refractivity contribution in [2.24, 2.45) is 0 Å². The molecule has 0 aliphatic heterocycles. The van der Waals surface area contributed by atoms with Crippen molar-refractivity contribution in [1.82, 2.24) is 10.6 Å². The fourth-order valence-electron chi connectivity index (χ4n) is 2.75. The van der Waals surface area contributed by atoms with Gasteiger partial charge in [-0.05, 0) is 57.0 Å². The molecule has 2 rings (SSSR count). The van der Waals surface area contributed by atoms with Gasteiger partial charge in [-0.2, -0.15) is 0 Å². The van der Waals surface area contributed by atoms with Crippen LogP contribution in [0.4, 0.5) is 10.5 Å². The molecule has 0 unspecified atom stereocenters. The summed E-state index contributed by atoms with van der Waals surface area (Å²) < 4.78 is 10.7. The van der Waals surface area contributed by atoms with Crippen LogP contribution >= 0.6 is 0 Å². The Bertz CT molecular complexity index is 893. The van der Waals surface area contributed by atoms with Gasteiger partial charge in [0, 0.05) is 31.6 Å². The van der Waals surface area contributed by atoms with E-state index in [9.17, 15) is 14.4 Å². The third kappa shape index (κ3) is 11.6. The zero-order valence-corrected chi connectivity index (χ0v) is 19.5. The zero-order valence-electron chi connectivity index (χ0n) is 19.5. The highest BCUT2D eigenvalue weighted by Crippen LogP contribution is 2.12. The van der Waals surface area contributed by atoms with E-state index in [0.29, 0.717) is 31.7 Å². The summed E-state index contributed by atoms with van der Waals surface area (Å²) in [6.45, 7) is 6.36. The van der Waals surface area contributed by atoms with Gasteiger partial charge in [0.1, 0.15) is 11.4 Å². The molecular formula is C25H33N3O5. The van der Waals surface area contributed by atoms with Crippen molar-refractivity contribution in [3.8, 4) is 5.75 Å². The molecule has 0 heterocycles. The van der Waals surface area contributed by atoms with Crippen LogP contribution in [0, 0.1) is 0 Å². The fourth-order valence-corrected chi connectivity index (χ4v) is 2.75. The van der Waals surface area contributed by atoms with Gasteiger partial charge in [-0.15, -0.1) is 0 Å². The molecule has 0 radical (unpaired) electrons. The molecule has 2 aromatic rings. The van der Waals surface area contributed by atoms with E-state index >= 15 is 0 Å². The Labute approximate surface area is 195 Å². The summed E-state index contributed by atoms with van der Waals surface area (Å²) >= 11 is 0. The lowest BCUT2D eigenvalue weighted by atomic mass is 10.2. The average Bonchev–Trinajstić information content (AvgIpc) is 2.76. The van der Waals surface area contributed by atoms with Gasteiger partial charge >= 0.3 is 6.09 Å². The second-order valence-electron chi connectivity index (χ2n) is 8.47. The molecule has 8 nitrogen and oxygen atoms in total. The number of anilines is 1. The molecule has 0 aliphatic carbocycles. The van der Waals surface area contributed by atoms with Crippen molar-refractivity contribution in [3.63, 3.8) is 0 Å². The zero-order chi connectivity index (χ0) is 24.1. The third-order valence-corrected chi connectivity index (χ3v) is 4.31. The topological polar surface area (TPSA) is 106 Å². The van der Waals surface area contributed by atoms with Crippen LogP contribution in [0.2, 0.25) is 0 Å². The van der Waals surface area contributed by atoms with Crippen molar-refractivity contribution in [3.05, 3.63) is 60.2 Å². The summed E-state index contributed by atoms with van der Waals surface area (Å²) in [6, 6.07) is 16.8. The monoisotopic (exact) mass is 455 g/mol. The maximum Gasteiger partial charge on any atom is 0.407 e. The predicted octanol–water partition coefficient (Wildman–Crippen LogP) is 4.02. The molecule has 0 aromatic heterocycles. The Morgan fingerprint density at radius 3 is 2.21 bits per heavy atom. The Balaban J connectivity index is 1.60. The normalized spacial score (nSPS) is 10.8. The van der Waals surface area contributed by atoms with E-state index in [4.69, 9.17) is 9.47 Å².